The fourth-order valence-electron chi connectivity index (χ4n) is 1.71. The SMILES string of the molecule is CC(O)CNCCN1C(=O)CCCCC1=O. The maximum atomic E-state index is 11.6. The van der Waals surface area contributed by atoms with Gasteiger partial charge in [0.05, 0.1) is 6.10 Å². The monoisotopic (exact) mass is 228 g/mol. The third-order valence-corrected chi connectivity index (χ3v) is 2.59. The Kier molecular flexibility index (Phi) is 5.42. The lowest BCUT2D eigenvalue weighted by Gasteiger charge is -2.19. The highest BCUT2D eigenvalue weighted by Crippen LogP contribution is 2.11. The zero-order valence-electron chi connectivity index (χ0n) is 9.74. The molecule has 0 spiro atoms. The number of nitrogens with zero attached hydrogens (tertiary/aromatic N) is 1. The summed E-state index contributed by atoms with van der Waals surface area (Å²) in [4.78, 5) is 24.5. The van der Waals surface area contributed by atoms with E-state index in [4.69, 9.17) is 5.11 Å². The van der Waals surface area contributed by atoms with Gasteiger partial charge in [0.15, 0.2) is 0 Å². The minimum atomic E-state index is -0.407. The maximum absolute atomic E-state index is 11.6. The number of aliphatic hydroxyl groups excluding tert-OH is 1. The zero-order valence-corrected chi connectivity index (χ0v) is 9.74. The van der Waals surface area contributed by atoms with Crippen molar-refractivity contribution < 1.29 is 14.7 Å². The quantitative estimate of drug-likeness (QED) is 0.508. The van der Waals surface area contributed by atoms with Crippen LogP contribution in [-0.4, -0.2) is 47.6 Å². The molecule has 0 radical (unpaired) electrons. The van der Waals surface area contributed by atoms with E-state index >= 15 is 0 Å². The van der Waals surface area contributed by atoms with Gasteiger partial charge in [-0.1, -0.05) is 0 Å². The topological polar surface area (TPSA) is 69.6 Å². The minimum Gasteiger partial charge on any atom is -0.392 e. The van der Waals surface area contributed by atoms with Crippen molar-refractivity contribution >= 4 is 11.8 Å². The number of rotatable bonds is 5. The molecule has 0 aromatic rings. The number of hydrogen-bond acceptors (Lipinski definition) is 4. The number of nitrogens with one attached hydrogen (secondary N) is 1. The third kappa shape index (κ3) is 4.28. The van der Waals surface area contributed by atoms with Crippen LogP contribution in [-0.2, 0) is 9.59 Å². The average molecular weight is 228 g/mol. The second-order valence-electron chi connectivity index (χ2n) is 4.20. The molecule has 2 amide bonds. The largest absolute Gasteiger partial charge is 0.392 e. The summed E-state index contributed by atoms with van der Waals surface area (Å²) in [6.07, 6.45) is 2.16. The van der Waals surface area contributed by atoms with E-state index in [2.05, 4.69) is 5.32 Å². The fourth-order valence-corrected chi connectivity index (χ4v) is 1.71. The molecule has 0 aliphatic carbocycles. The second-order valence-corrected chi connectivity index (χ2v) is 4.20. The van der Waals surface area contributed by atoms with E-state index in [-0.39, 0.29) is 11.8 Å². The molecule has 5 heteroatoms. The Morgan fingerprint density at radius 3 is 2.38 bits per heavy atom. The van der Waals surface area contributed by atoms with Crippen LogP contribution in [0, 0.1) is 0 Å². The van der Waals surface area contributed by atoms with E-state index < -0.39 is 6.10 Å². The standard InChI is InChI=1S/C11H20N2O3/c1-9(14)8-12-6-7-13-10(15)4-2-3-5-11(13)16/h9,12,14H,2-8H2,1H3. The predicted molar refractivity (Wildman–Crippen MR) is 59.7 cm³/mol. The molecule has 1 rings (SSSR count). The van der Waals surface area contributed by atoms with E-state index in [9.17, 15) is 9.59 Å². The van der Waals surface area contributed by atoms with Crippen LogP contribution in [0.1, 0.15) is 32.6 Å². The van der Waals surface area contributed by atoms with Gasteiger partial charge in [-0.25, -0.2) is 0 Å². The van der Waals surface area contributed by atoms with Crippen molar-refractivity contribution in [1.82, 2.24) is 10.2 Å². The second kappa shape index (κ2) is 6.60. The van der Waals surface area contributed by atoms with Gasteiger partial charge in [-0.05, 0) is 19.8 Å². The van der Waals surface area contributed by atoms with Crippen LogP contribution in [0.25, 0.3) is 0 Å². The number of likely N-dealkylation sites (tertiary alicyclic amines) is 1. The summed E-state index contributed by atoms with van der Waals surface area (Å²) in [5, 5.41) is 12.0. The third-order valence-electron chi connectivity index (χ3n) is 2.59. The van der Waals surface area contributed by atoms with Gasteiger partial charge in [0.1, 0.15) is 0 Å². The number of hydrogen-bond donors (Lipinski definition) is 2. The Morgan fingerprint density at radius 2 is 1.88 bits per heavy atom. The van der Waals surface area contributed by atoms with Crippen molar-refractivity contribution in [3.63, 3.8) is 0 Å². The highest BCUT2D eigenvalue weighted by molar-refractivity contribution is 5.95. The number of aliphatic hydroxyl groups is 1. The first-order valence-electron chi connectivity index (χ1n) is 5.83. The predicted octanol–water partition coefficient (Wildman–Crippen LogP) is -0.114. The number of carbonyl (C=O) groups excluding carboxylic acids is 2. The van der Waals surface area contributed by atoms with Gasteiger partial charge in [-0.15, -0.1) is 0 Å². The smallest absolute Gasteiger partial charge is 0.229 e. The lowest BCUT2D eigenvalue weighted by Crippen LogP contribution is -2.41. The zero-order chi connectivity index (χ0) is 12.0. The number of carbonyl (C=O) groups is 2. The van der Waals surface area contributed by atoms with Gasteiger partial charge < -0.3 is 10.4 Å². The molecule has 1 unspecified atom stereocenters. The van der Waals surface area contributed by atoms with Gasteiger partial charge in [-0.3, -0.25) is 14.5 Å². The van der Waals surface area contributed by atoms with Crippen molar-refractivity contribution in [2.45, 2.75) is 38.7 Å². The number of imide groups is 1. The van der Waals surface area contributed by atoms with Crippen LogP contribution in [0.3, 0.4) is 0 Å². The van der Waals surface area contributed by atoms with Crippen molar-refractivity contribution in [2.75, 3.05) is 19.6 Å². The Bertz CT molecular complexity index is 236. The van der Waals surface area contributed by atoms with Crippen LogP contribution >= 0.6 is 0 Å². The summed E-state index contributed by atoms with van der Waals surface area (Å²) >= 11 is 0. The summed E-state index contributed by atoms with van der Waals surface area (Å²) in [5.74, 6) is -0.136. The summed E-state index contributed by atoms with van der Waals surface area (Å²) in [6, 6.07) is 0. The first kappa shape index (κ1) is 13.1. The van der Waals surface area contributed by atoms with Gasteiger partial charge in [0.2, 0.25) is 11.8 Å². The fraction of sp³-hybridized carbons (Fsp3) is 0.818. The van der Waals surface area contributed by atoms with Crippen molar-refractivity contribution in [3.8, 4) is 0 Å². The van der Waals surface area contributed by atoms with Crippen LogP contribution in [0.15, 0.2) is 0 Å². The van der Waals surface area contributed by atoms with E-state index in [0.717, 1.165) is 12.8 Å². The van der Waals surface area contributed by atoms with Gasteiger partial charge >= 0.3 is 0 Å². The molecule has 1 aliphatic rings. The molecule has 0 bridgehead atoms. The molecule has 1 atom stereocenters. The van der Waals surface area contributed by atoms with Crippen LogP contribution in [0.4, 0.5) is 0 Å². The lowest BCUT2D eigenvalue weighted by molar-refractivity contribution is -0.143. The van der Waals surface area contributed by atoms with Crippen LogP contribution in [0.2, 0.25) is 0 Å². The molecule has 0 saturated carbocycles. The Balaban J connectivity index is 2.32. The molecule has 0 aromatic heterocycles. The molecular weight excluding hydrogens is 208 g/mol. The van der Waals surface area contributed by atoms with Crippen molar-refractivity contribution in [1.29, 1.82) is 0 Å². The van der Waals surface area contributed by atoms with E-state index in [0.29, 0.717) is 32.5 Å². The summed E-state index contributed by atoms with van der Waals surface area (Å²) in [7, 11) is 0. The van der Waals surface area contributed by atoms with Crippen molar-refractivity contribution in [3.05, 3.63) is 0 Å². The molecular formula is C11H20N2O3. The summed E-state index contributed by atoms with van der Waals surface area (Å²) in [6.45, 7) is 3.12. The summed E-state index contributed by atoms with van der Waals surface area (Å²) in [5.41, 5.74) is 0. The summed E-state index contributed by atoms with van der Waals surface area (Å²) < 4.78 is 0. The molecule has 1 fully saturated rings. The highest BCUT2D eigenvalue weighted by Gasteiger charge is 2.23. The molecule has 1 heterocycles. The first-order valence-corrected chi connectivity index (χ1v) is 5.83. The van der Waals surface area contributed by atoms with Crippen LogP contribution < -0.4 is 5.32 Å². The molecule has 92 valence electrons. The molecule has 5 nitrogen and oxygen atoms in total. The van der Waals surface area contributed by atoms with E-state index in [1.165, 1.54) is 4.90 Å². The maximum Gasteiger partial charge on any atom is 0.229 e. The van der Waals surface area contributed by atoms with Crippen LogP contribution in [0.5, 0.6) is 0 Å². The first-order chi connectivity index (χ1) is 7.61. The molecule has 16 heavy (non-hydrogen) atoms. The normalized spacial score (nSPS) is 19.8. The lowest BCUT2D eigenvalue weighted by atomic mass is 10.2. The molecule has 2 N–H and O–H groups in total. The number of amides is 2. The molecule has 1 saturated heterocycles. The molecule has 0 aromatic carbocycles. The van der Waals surface area contributed by atoms with E-state index in [1.807, 2.05) is 0 Å². The Hall–Kier alpha value is -0.940. The van der Waals surface area contributed by atoms with Crippen molar-refractivity contribution in [2.24, 2.45) is 0 Å². The van der Waals surface area contributed by atoms with Gasteiger partial charge in [-0.2, -0.15) is 0 Å². The average Bonchev–Trinajstić information content (AvgIpc) is 2.37. The van der Waals surface area contributed by atoms with Gasteiger partial charge in [0.25, 0.3) is 0 Å². The minimum absolute atomic E-state index is 0.0682. The Labute approximate surface area is 95.8 Å². The van der Waals surface area contributed by atoms with E-state index in [1.54, 1.807) is 6.92 Å². The molecule has 1 aliphatic heterocycles. The van der Waals surface area contributed by atoms with Gasteiger partial charge in [0, 0.05) is 32.5 Å². The Morgan fingerprint density at radius 1 is 1.31 bits per heavy atom. The highest BCUT2D eigenvalue weighted by atomic mass is 16.3.